The maximum absolute atomic E-state index is 14.4. The van der Waals surface area contributed by atoms with E-state index in [1.54, 1.807) is 12.1 Å². The van der Waals surface area contributed by atoms with Crippen molar-refractivity contribution in [3.05, 3.63) is 64.7 Å². The number of hydrogen-bond acceptors (Lipinski definition) is 1. The summed E-state index contributed by atoms with van der Waals surface area (Å²) in [6, 6.07) is 10.3. The van der Waals surface area contributed by atoms with E-state index in [1.165, 1.54) is 23.9 Å². The fraction of sp³-hybridized carbons (Fsp3) is 0.294. The van der Waals surface area contributed by atoms with Crippen molar-refractivity contribution in [3.63, 3.8) is 0 Å². The first-order valence-electron chi connectivity index (χ1n) is 6.78. The molecule has 0 unspecified atom stereocenters. The first-order chi connectivity index (χ1) is 9.59. The van der Waals surface area contributed by atoms with Crippen molar-refractivity contribution in [2.75, 3.05) is 0 Å². The van der Waals surface area contributed by atoms with Gasteiger partial charge in [-0.25, -0.2) is 8.78 Å². The van der Waals surface area contributed by atoms with Gasteiger partial charge in [0, 0.05) is 16.6 Å². The predicted molar refractivity (Wildman–Crippen MR) is 79.0 cm³/mol. The van der Waals surface area contributed by atoms with Crippen LogP contribution in [0.1, 0.15) is 36.5 Å². The maximum Gasteiger partial charge on any atom is 0.137 e. The summed E-state index contributed by atoms with van der Waals surface area (Å²) in [4.78, 5) is 0.668. The molecular formula is C17H16F2S. The molecule has 2 aromatic carbocycles. The summed E-state index contributed by atoms with van der Waals surface area (Å²) in [5, 5.41) is 0. The molecule has 3 rings (SSSR count). The van der Waals surface area contributed by atoms with Gasteiger partial charge in [0.1, 0.15) is 11.6 Å². The zero-order valence-electron chi connectivity index (χ0n) is 11.5. The Labute approximate surface area is 122 Å². The van der Waals surface area contributed by atoms with Crippen molar-refractivity contribution >= 4 is 11.8 Å². The summed E-state index contributed by atoms with van der Waals surface area (Å²) in [5.41, 5.74) is 2.62. The minimum Gasteiger partial charge on any atom is -0.207 e. The van der Waals surface area contributed by atoms with Crippen LogP contribution in [0.4, 0.5) is 8.78 Å². The molecule has 1 heterocycles. The van der Waals surface area contributed by atoms with Crippen molar-refractivity contribution in [1.82, 2.24) is 0 Å². The maximum atomic E-state index is 14.4. The Balaban J connectivity index is 2.29. The monoisotopic (exact) mass is 290 g/mol. The van der Waals surface area contributed by atoms with Gasteiger partial charge in [0.25, 0.3) is 0 Å². The second-order valence-electron chi connectivity index (χ2n) is 5.48. The van der Waals surface area contributed by atoms with Crippen molar-refractivity contribution in [2.24, 2.45) is 5.92 Å². The van der Waals surface area contributed by atoms with E-state index in [0.29, 0.717) is 10.6 Å². The Morgan fingerprint density at radius 3 is 2.50 bits per heavy atom. The van der Waals surface area contributed by atoms with Gasteiger partial charge in [-0.15, -0.1) is 11.8 Å². The van der Waals surface area contributed by atoms with E-state index in [4.69, 9.17) is 0 Å². The van der Waals surface area contributed by atoms with Crippen LogP contribution in [-0.4, -0.2) is 0 Å². The van der Waals surface area contributed by atoms with E-state index in [-0.39, 0.29) is 23.5 Å². The van der Waals surface area contributed by atoms with Crippen molar-refractivity contribution < 1.29 is 8.78 Å². The second-order valence-corrected chi connectivity index (χ2v) is 6.47. The fourth-order valence-electron chi connectivity index (χ4n) is 2.98. The highest BCUT2D eigenvalue weighted by atomic mass is 32.2. The Hall–Kier alpha value is -1.35. The van der Waals surface area contributed by atoms with Crippen LogP contribution < -0.4 is 0 Å². The highest BCUT2D eigenvalue weighted by Crippen LogP contribution is 2.45. The molecule has 0 amide bonds. The summed E-state index contributed by atoms with van der Waals surface area (Å²) in [5.74, 6) is 0.353. The molecule has 0 saturated carbocycles. The standard InChI is InChI=1S/C17H16F2S/c1-10(2)15-12-6-4-8-14(19)17(12)20-9-11-5-3-7-13(18)16(11)15/h3-8,10,15H,9H2,1-2H3/t15-/m1/s1. The Bertz CT molecular complexity index is 649. The molecule has 20 heavy (non-hydrogen) atoms. The Kier molecular flexibility index (Phi) is 3.55. The molecule has 0 N–H and O–H groups in total. The lowest BCUT2D eigenvalue weighted by atomic mass is 9.80. The first-order valence-corrected chi connectivity index (χ1v) is 7.76. The van der Waals surface area contributed by atoms with Crippen LogP contribution in [0.15, 0.2) is 41.3 Å². The van der Waals surface area contributed by atoms with Crippen LogP contribution in [0.5, 0.6) is 0 Å². The van der Waals surface area contributed by atoms with E-state index in [1.807, 2.05) is 12.1 Å². The van der Waals surface area contributed by atoms with Gasteiger partial charge in [-0.05, 0) is 34.7 Å². The normalized spacial score (nSPS) is 17.6. The lowest BCUT2D eigenvalue weighted by molar-refractivity contribution is 0.509. The van der Waals surface area contributed by atoms with Gasteiger partial charge in [0.05, 0.1) is 0 Å². The van der Waals surface area contributed by atoms with Crippen molar-refractivity contribution in [2.45, 2.75) is 30.4 Å². The average molecular weight is 290 g/mol. The minimum absolute atomic E-state index is 0.0908. The van der Waals surface area contributed by atoms with Gasteiger partial charge in [0.15, 0.2) is 0 Å². The van der Waals surface area contributed by atoms with Gasteiger partial charge in [-0.2, -0.15) is 0 Å². The van der Waals surface area contributed by atoms with E-state index < -0.39 is 0 Å². The predicted octanol–water partition coefficient (Wildman–Crippen LogP) is 5.36. The zero-order chi connectivity index (χ0) is 14.3. The van der Waals surface area contributed by atoms with Crippen molar-refractivity contribution in [3.8, 4) is 0 Å². The molecule has 1 aliphatic rings. The molecule has 0 bridgehead atoms. The van der Waals surface area contributed by atoms with E-state index in [9.17, 15) is 8.78 Å². The third-order valence-corrected chi connectivity index (χ3v) is 5.00. The average Bonchev–Trinajstić information content (AvgIpc) is 2.57. The molecular weight excluding hydrogens is 274 g/mol. The third kappa shape index (κ3) is 2.14. The second kappa shape index (κ2) is 5.21. The van der Waals surface area contributed by atoms with Crippen LogP contribution in [0.25, 0.3) is 0 Å². The molecule has 0 saturated heterocycles. The van der Waals surface area contributed by atoms with Crippen LogP contribution in [0, 0.1) is 17.6 Å². The SMILES string of the molecule is CC(C)[C@@H]1c2cccc(F)c2SCc2cccc(F)c21. The molecule has 3 heteroatoms. The molecule has 1 aliphatic heterocycles. The van der Waals surface area contributed by atoms with Crippen LogP contribution in [-0.2, 0) is 5.75 Å². The zero-order valence-corrected chi connectivity index (χ0v) is 12.3. The third-order valence-electron chi connectivity index (χ3n) is 3.83. The highest BCUT2D eigenvalue weighted by Gasteiger charge is 2.30. The van der Waals surface area contributed by atoms with Gasteiger partial charge < -0.3 is 0 Å². The summed E-state index contributed by atoms with van der Waals surface area (Å²) in [6.07, 6.45) is 0. The summed E-state index contributed by atoms with van der Waals surface area (Å²) in [6.45, 7) is 4.12. The quantitative estimate of drug-likeness (QED) is 0.681. The molecule has 104 valence electrons. The fourth-order valence-corrected chi connectivity index (χ4v) is 4.10. The van der Waals surface area contributed by atoms with E-state index in [0.717, 1.165) is 16.7 Å². The highest BCUT2D eigenvalue weighted by molar-refractivity contribution is 7.98. The minimum atomic E-state index is -0.202. The lowest BCUT2D eigenvalue weighted by Crippen LogP contribution is -2.12. The van der Waals surface area contributed by atoms with Gasteiger partial charge in [-0.1, -0.05) is 38.1 Å². The molecule has 0 aromatic heterocycles. The molecule has 2 aromatic rings. The Morgan fingerprint density at radius 1 is 1.05 bits per heavy atom. The molecule has 0 radical (unpaired) electrons. The van der Waals surface area contributed by atoms with E-state index in [2.05, 4.69) is 13.8 Å². The molecule has 1 atom stereocenters. The number of benzene rings is 2. The number of thioether (sulfide) groups is 1. The molecule has 0 aliphatic carbocycles. The summed E-state index contributed by atoms with van der Waals surface area (Å²) < 4.78 is 28.5. The largest absolute Gasteiger partial charge is 0.207 e. The van der Waals surface area contributed by atoms with Crippen LogP contribution >= 0.6 is 11.8 Å². The van der Waals surface area contributed by atoms with Crippen molar-refractivity contribution in [1.29, 1.82) is 0 Å². The van der Waals surface area contributed by atoms with Gasteiger partial charge in [0.2, 0.25) is 0 Å². The summed E-state index contributed by atoms with van der Waals surface area (Å²) in [7, 11) is 0. The Morgan fingerprint density at radius 2 is 1.75 bits per heavy atom. The van der Waals surface area contributed by atoms with Gasteiger partial charge >= 0.3 is 0 Å². The first kappa shape index (κ1) is 13.6. The molecule has 0 nitrogen and oxygen atoms in total. The molecule has 0 spiro atoms. The topological polar surface area (TPSA) is 0 Å². The lowest BCUT2D eigenvalue weighted by Gasteiger charge is -2.24. The number of fused-ring (bicyclic) bond motifs is 2. The molecule has 0 fully saturated rings. The number of rotatable bonds is 1. The smallest absolute Gasteiger partial charge is 0.137 e. The van der Waals surface area contributed by atoms with Gasteiger partial charge in [-0.3, -0.25) is 0 Å². The van der Waals surface area contributed by atoms with Crippen LogP contribution in [0.2, 0.25) is 0 Å². The number of halogens is 2. The van der Waals surface area contributed by atoms with E-state index >= 15 is 0 Å². The number of hydrogen-bond donors (Lipinski definition) is 0. The summed E-state index contributed by atoms with van der Waals surface area (Å²) >= 11 is 1.47. The van der Waals surface area contributed by atoms with Crippen LogP contribution in [0.3, 0.4) is 0 Å².